The number of nitrogens with zero attached hydrogens (tertiary/aromatic N) is 2. The highest BCUT2D eigenvalue weighted by Crippen LogP contribution is 2.23. The lowest BCUT2D eigenvalue weighted by atomic mass is 10.1. The first kappa shape index (κ1) is 14.3. The largest absolute Gasteiger partial charge is 0.360 e. The van der Waals surface area contributed by atoms with Crippen LogP contribution in [-0.4, -0.2) is 15.1 Å². The Balaban J connectivity index is 1.86. The number of nitrogens with one attached hydrogen (secondary N) is 1. The summed E-state index contributed by atoms with van der Waals surface area (Å²) in [4.78, 5) is 19.9. The molecule has 2 aromatic heterocycles. The summed E-state index contributed by atoms with van der Waals surface area (Å²) in [6.07, 6.45) is 1.53. The maximum atomic E-state index is 13.8. The molecule has 118 valence electrons. The van der Waals surface area contributed by atoms with Gasteiger partial charge >= 0.3 is 0 Å². The lowest BCUT2D eigenvalue weighted by molar-refractivity contribution is 0.431. The monoisotopic (exact) mass is 321 g/mol. The summed E-state index contributed by atoms with van der Waals surface area (Å²) in [5, 5.41) is 4.32. The van der Waals surface area contributed by atoms with Crippen molar-refractivity contribution < 1.29 is 8.91 Å². The number of halogens is 1. The van der Waals surface area contributed by atoms with Crippen LogP contribution in [0.2, 0.25) is 0 Å². The fourth-order valence-corrected chi connectivity index (χ4v) is 2.58. The highest BCUT2D eigenvalue weighted by Gasteiger charge is 2.17. The topological polar surface area (TPSA) is 71.8 Å². The van der Waals surface area contributed by atoms with Crippen molar-refractivity contribution in [1.29, 1.82) is 0 Å². The number of H-pyrrole nitrogens is 1. The Hall–Kier alpha value is -3.28. The van der Waals surface area contributed by atoms with Crippen LogP contribution in [0.15, 0.2) is 58.0 Å². The molecule has 0 bridgehead atoms. The minimum absolute atomic E-state index is 0.0536. The highest BCUT2D eigenvalue weighted by atomic mass is 19.1. The smallest absolute Gasteiger partial charge is 0.263 e. The van der Waals surface area contributed by atoms with E-state index in [-0.39, 0.29) is 28.3 Å². The zero-order chi connectivity index (χ0) is 16.7. The molecule has 4 aromatic rings. The molecular weight excluding hydrogens is 309 g/mol. The standard InChI is InChI=1S/C18H12FN3O2/c1-10-6-7-15-12(8-10)16(23)13(9-20-15)18-21-17(22-24-18)11-4-2-3-5-14(11)19/h2-9H,1H3,(H,20,23). The first-order chi connectivity index (χ1) is 11.6. The van der Waals surface area contributed by atoms with E-state index in [0.29, 0.717) is 5.39 Å². The molecule has 0 fully saturated rings. The molecule has 2 heterocycles. The Morgan fingerprint density at radius 2 is 1.96 bits per heavy atom. The van der Waals surface area contributed by atoms with Crippen molar-refractivity contribution in [2.24, 2.45) is 0 Å². The third-order valence-corrected chi connectivity index (χ3v) is 3.81. The fraction of sp³-hybridized carbons (Fsp3) is 0.0556. The van der Waals surface area contributed by atoms with Gasteiger partial charge in [-0.05, 0) is 31.2 Å². The van der Waals surface area contributed by atoms with Crippen LogP contribution in [0.1, 0.15) is 5.56 Å². The van der Waals surface area contributed by atoms with Gasteiger partial charge in [-0.25, -0.2) is 4.39 Å². The van der Waals surface area contributed by atoms with Gasteiger partial charge in [0.1, 0.15) is 11.4 Å². The van der Waals surface area contributed by atoms with E-state index >= 15 is 0 Å². The third kappa shape index (κ3) is 2.28. The summed E-state index contributed by atoms with van der Waals surface area (Å²) >= 11 is 0. The number of aromatic nitrogens is 3. The van der Waals surface area contributed by atoms with E-state index in [4.69, 9.17) is 4.52 Å². The second kappa shape index (κ2) is 5.42. The first-order valence-corrected chi connectivity index (χ1v) is 7.34. The zero-order valence-corrected chi connectivity index (χ0v) is 12.7. The minimum atomic E-state index is -0.451. The maximum absolute atomic E-state index is 13.8. The van der Waals surface area contributed by atoms with Gasteiger partial charge in [-0.1, -0.05) is 28.9 Å². The van der Waals surface area contributed by atoms with Gasteiger partial charge in [0.05, 0.1) is 5.56 Å². The van der Waals surface area contributed by atoms with Crippen LogP contribution in [0.5, 0.6) is 0 Å². The van der Waals surface area contributed by atoms with Crippen LogP contribution in [0.3, 0.4) is 0 Å². The Bertz CT molecular complexity index is 1110. The molecule has 5 nitrogen and oxygen atoms in total. The number of hydrogen-bond acceptors (Lipinski definition) is 4. The molecule has 1 N–H and O–H groups in total. The molecular formula is C18H12FN3O2. The predicted octanol–water partition coefficient (Wildman–Crippen LogP) is 3.69. The van der Waals surface area contributed by atoms with Crippen molar-refractivity contribution in [2.45, 2.75) is 6.92 Å². The number of benzene rings is 2. The Labute approximate surface area is 135 Å². The lowest BCUT2D eigenvalue weighted by Gasteiger charge is -2.01. The van der Waals surface area contributed by atoms with E-state index in [9.17, 15) is 9.18 Å². The van der Waals surface area contributed by atoms with Crippen molar-refractivity contribution in [3.05, 3.63) is 70.3 Å². The molecule has 24 heavy (non-hydrogen) atoms. The number of rotatable bonds is 2. The van der Waals surface area contributed by atoms with E-state index in [1.807, 2.05) is 19.1 Å². The average molecular weight is 321 g/mol. The summed E-state index contributed by atoms with van der Waals surface area (Å²) < 4.78 is 19.0. The average Bonchev–Trinajstić information content (AvgIpc) is 3.06. The third-order valence-electron chi connectivity index (χ3n) is 3.81. The van der Waals surface area contributed by atoms with Crippen LogP contribution in [0, 0.1) is 12.7 Å². The van der Waals surface area contributed by atoms with Gasteiger partial charge in [-0.3, -0.25) is 4.79 Å². The zero-order valence-electron chi connectivity index (χ0n) is 12.7. The van der Waals surface area contributed by atoms with Crippen molar-refractivity contribution >= 4 is 10.9 Å². The van der Waals surface area contributed by atoms with E-state index in [1.165, 1.54) is 12.3 Å². The Morgan fingerprint density at radius 1 is 1.12 bits per heavy atom. The number of pyridine rings is 1. The lowest BCUT2D eigenvalue weighted by Crippen LogP contribution is -2.06. The van der Waals surface area contributed by atoms with Gasteiger partial charge < -0.3 is 9.51 Å². The SMILES string of the molecule is Cc1ccc2[nH]cc(-c3nc(-c4ccccc4F)no3)c(=O)c2c1. The molecule has 0 spiro atoms. The molecule has 0 aliphatic heterocycles. The molecule has 0 atom stereocenters. The van der Waals surface area contributed by atoms with E-state index in [1.54, 1.807) is 24.3 Å². The molecule has 0 saturated carbocycles. The molecule has 2 aromatic carbocycles. The number of fused-ring (bicyclic) bond motifs is 1. The summed E-state index contributed by atoms with van der Waals surface area (Å²) in [5.74, 6) is -0.294. The molecule has 0 radical (unpaired) electrons. The second-order valence-electron chi connectivity index (χ2n) is 5.48. The fourth-order valence-electron chi connectivity index (χ4n) is 2.58. The van der Waals surface area contributed by atoms with Crippen LogP contribution in [0.25, 0.3) is 33.7 Å². The van der Waals surface area contributed by atoms with Crippen molar-refractivity contribution in [3.63, 3.8) is 0 Å². The van der Waals surface area contributed by atoms with E-state index in [2.05, 4.69) is 15.1 Å². The van der Waals surface area contributed by atoms with Gasteiger partial charge in [0.15, 0.2) is 0 Å². The molecule has 4 rings (SSSR count). The quantitative estimate of drug-likeness (QED) is 0.611. The van der Waals surface area contributed by atoms with Crippen molar-refractivity contribution in [2.75, 3.05) is 0 Å². The number of hydrogen-bond donors (Lipinski definition) is 1. The Morgan fingerprint density at radius 3 is 2.79 bits per heavy atom. The first-order valence-electron chi connectivity index (χ1n) is 7.34. The van der Waals surface area contributed by atoms with Gasteiger partial charge in [-0.15, -0.1) is 0 Å². The van der Waals surface area contributed by atoms with Gasteiger partial charge in [0.25, 0.3) is 5.89 Å². The number of aryl methyl sites for hydroxylation is 1. The highest BCUT2D eigenvalue weighted by molar-refractivity contribution is 5.82. The van der Waals surface area contributed by atoms with Crippen LogP contribution >= 0.6 is 0 Å². The molecule has 0 unspecified atom stereocenters. The summed E-state index contributed by atoms with van der Waals surface area (Å²) in [7, 11) is 0. The molecule has 0 saturated heterocycles. The van der Waals surface area contributed by atoms with Crippen LogP contribution in [0.4, 0.5) is 4.39 Å². The molecule has 0 amide bonds. The molecule has 0 aliphatic rings. The van der Waals surface area contributed by atoms with Crippen LogP contribution in [-0.2, 0) is 0 Å². The van der Waals surface area contributed by atoms with Crippen LogP contribution < -0.4 is 5.43 Å². The summed E-state index contributed by atoms with van der Waals surface area (Å²) in [6, 6.07) is 11.7. The molecule has 0 aliphatic carbocycles. The predicted molar refractivity (Wildman–Crippen MR) is 88.0 cm³/mol. The van der Waals surface area contributed by atoms with Gasteiger partial charge in [0, 0.05) is 17.1 Å². The summed E-state index contributed by atoms with van der Waals surface area (Å²) in [6.45, 7) is 1.91. The number of aromatic amines is 1. The second-order valence-corrected chi connectivity index (χ2v) is 5.48. The summed E-state index contributed by atoms with van der Waals surface area (Å²) in [5.41, 5.74) is 1.96. The van der Waals surface area contributed by atoms with E-state index < -0.39 is 5.82 Å². The van der Waals surface area contributed by atoms with Crippen molar-refractivity contribution in [1.82, 2.24) is 15.1 Å². The van der Waals surface area contributed by atoms with Gasteiger partial charge in [-0.2, -0.15) is 4.98 Å². The maximum Gasteiger partial charge on any atom is 0.263 e. The normalized spacial score (nSPS) is 11.1. The Kier molecular flexibility index (Phi) is 3.23. The molecule has 6 heteroatoms. The van der Waals surface area contributed by atoms with E-state index in [0.717, 1.165) is 11.1 Å². The minimum Gasteiger partial charge on any atom is -0.360 e. The van der Waals surface area contributed by atoms with Gasteiger partial charge in [0.2, 0.25) is 11.3 Å². The van der Waals surface area contributed by atoms with Crippen molar-refractivity contribution in [3.8, 4) is 22.8 Å².